The highest BCUT2D eigenvalue weighted by atomic mass is 32.1. The van der Waals surface area contributed by atoms with Crippen molar-refractivity contribution < 1.29 is 4.42 Å². The normalized spacial score (nSPS) is 10.7. The molecule has 0 radical (unpaired) electrons. The summed E-state index contributed by atoms with van der Waals surface area (Å²) >= 11 is 1.60. The highest BCUT2D eigenvalue weighted by Crippen LogP contribution is 2.33. The summed E-state index contributed by atoms with van der Waals surface area (Å²) in [5.74, 6) is 0.788. The van der Waals surface area contributed by atoms with Crippen LogP contribution in [0.3, 0.4) is 0 Å². The van der Waals surface area contributed by atoms with Gasteiger partial charge in [-0.3, -0.25) is 0 Å². The third kappa shape index (κ3) is 2.40. The van der Waals surface area contributed by atoms with Gasteiger partial charge in [-0.2, -0.15) is 0 Å². The van der Waals surface area contributed by atoms with E-state index in [9.17, 15) is 0 Å². The van der Waals surface area contributed by atoms with Crippen molar-refractivity contribution in [2.75, 3.05) is 11.1 Å². The van der Waals surface area contributed by atoms with Crippen LogP contribution in [0.5, 0.6) is 0 Å². The Morgan fingerprint density at radius 2 is 2.10 bits per heavy atom. The number of aryl methyl sites for hydroxylation is 2. The number of aromatic nitrogens is 1. The summed E-state index contributed by atoms with van der Waals surface area (Å²) in [6.45, 7) is 4.07. The van der Waals surface area contributed by atoms with Gasteiger partial charge in [-0.1, -0.05) is 6.07 Å². The zero-order chi connectivity index (χ0) is 14.1. The molecule has 0 unspecified atom stereocenters. The van der Waals surface area contributed by atoms with Gasteiger partial charge >= 0.3 is 0 Å². The Morgan fingerprint density at radius 3 is 2.85 bits per heavy atom. The molecule has 0 fully saturated rings. The molecule has 3 N–H and O–H groups in total. The van der Waals surface area contributed by atoms with Crippen molar-refractivity contribution in [1.82, 2.24) is 4.98 Å². The number of anilines is 3. The minimum atomic E-state index is 0.734. The lowest BCUT2D eigenvalue weighted by molar-refractivity contribution is 0.580. The molecule has 2 heterocycles. The molecule has 2 aromatic heterocycles. The number of furan rings is 1. The molecule has 0 saturated carbocycles. The number of nitrogen functional groups attached to an aromatic ring is 1. The average molecular weight is 285 g/mol. The Morgan fingerprint density at radius 1 is 1.25 bits per heavy atom. The second-order valence-electron chi connectivity index (χ2n) is 4.60. The molecule has 5 heteroatoms. The number of nitrogens with one attached hydrogen (secondary N) is 1. The molecule has 0 saturated heterocycles. The number of thiazole rings is 1. The molecule has 0 aliphatic rings. The van der Waals surface area contributed by atoms with E-state index in [1.807, 2.05) is 44.2 Å². The molecule has 4 nitrogen and oxygen atoms in total. The molecule has 0 amide bonds. The van der Waals surface area contributed by atoms with Crippen molar-refractivity contribution in [1.29, 1.82) is 0 Å². The number of hydrogen-bond donors (Lipinski definition) is 2. The lowest BCUT2D eigenvalue weighted by Gasteiger charge is -2.07. The second kappa shape index (κ2) is 5.02. The molecule has 0 aliphatic heterocycles. The van der Waals surface area contributed by atoms with E-state index in [1.165, 1.54) is 0 Å². The van der Waals surface area contributed by atoms with Crippen LogP contribution in [0.1, 0.15) is 10.4 Å². The van der Waals surface area contributed by atoms with Crippen LogP contribution in [0.15, 0.2) is 41.0 Å². The number of benzene rings is 1. The Balaban J connectivity index is 1.92. The van der Waals surface area contributed by atoms with Crippen LogP contribution in [0.25, 0.3) is 11.5 Å². The van der Waals surface area contributed by atoms with Gasteiger partial charge < -0.3 is 15.5 Å². The standard InChI is InChI=1S/C15H15N3OS/c1-9-5-6-11(16)8-12(9)17-15-18-14(10(2)20-15)13-4-3-7-19-13/h3-8H,16H2,1-2H3,(H,17,18). The SMILES string of the molecule is Cc1ccc(N)cc1Nc1nc(-c2ccco2)c(C)s1. The third-order valence-electron chi connectivity index (χ3n) is 3.05. The lowest BCUT2D eigenvalue weighted by atomic mass is 10.2. The molecular formula is C15H15N3OS. The van der Waals surface area contributed by atoms with E-state index in [1.54, 1.807) is 17.6 Å². The Kier molecular flexibility index (Phi) is 3.20. The zero-order valence-corrected chi connectivity index (χ0v) is 12.1. The average Bonchev–Trinajstić information content (AvgIpc) is 3.03. The molecule has 0 atom stereocenters. The highest BCUT2D eigenvalue weighted by molar-refractivity contribution is 7.16. The second-order valence-corrected chi connectivity index (χ2v) is 5.80. The largest absolute Gasteiger partial charge is 0.463 e. The summed E-state index contributed by atoms with van der Waals surface area (Å²) in [6.07, 6.45) is 1.66. The lowest BCUT2D eigenvalue weighted by Crippen LogP contribution is -1.94. The smallest absolute Gasteiger partial charge is 0.188 e. The summed E-state index contributed by atoms with van der Waals surface area (Å²) < 4.78 is 5.40. The first-order valence-corrected chi connectivity index (χ1v) is 7.09. The molecule has 102 valence electrons. The molecule has 0 spiro atoms. The van der Waals surface area contributed by atoms with E-state index < -0.39 is 0 Å². The summed E-state index contributed by atoms with van der Waals surface area (Å²) in [6, 6.07) is 9.58. The maximum absolute atomic E-state index is 5.82. The fourth-order valence-electron chi connectivity index (χ4n) is 1.98. The van der Waals surface area contributed by atoms with E-state index in [4.69, 9.17) is 10.2 Å². The topological polar surface area (TPSA) is 64.1 Å². The maximum atomic E-state index is 5.82. The van der Waals surface area contributed by atoms with Crippen molar-refractivity contribution in [3.05, 3.63) is 47.0 Å². The molecule has 0 aliphatic carbocycles. The molecule has 0 bridgehead atoms. The summed E-state index contributed by atoms with van der Waals surface area (Å²) in [7, 11) is 0. The summed E-state index contributed by atoms with van der Waals surface area (Å²) in [5.41, 5.74) is 9.54. The van der Waals surface area contributed by atoms with Gasteiger partial charge in [0.05, 0.1) is 6.26 Å². The molecule has 1 aromatic carbocycles. The van der Waals surface area contributed by atoms with Gasteiger partial charge in [0.15, 0.2) is 10.9 Å². The van der Waals surface area contributed by atoms with E-state index >= 15 is 0 Å². The fraction of sp³-hybridized carbons (Fsp3) is 0.133. The quantitative estimate of drug-likeness (QED) is 0.702. The predicted octanol–water partition coefficient (Wildman–Crippen LogP) is 4.35. The van der Waals surface area contributed by atoms with E-state index in [0.29, 0.717) is 0 Å². The minimum absolute atomic E-state index is 0.734. The van der Waals surface area contributed by atoms with Gasteiger partial charge in [0, 0.05) is 16.3 Å². The van der Waals surface area contributed by atoms with Crippen molar-refractivity contribution in [2.24, 2.45) is 0 Å². The minimum Gasteiger partial charge on any atom is -0.463 e. The van der Waals surface area contributed by atoms with Gasteiger partial charge in [-0.15, -0.1) is 11.3 Å². The Bertz CT molecular complexity index is 732. The monoisotopic (exact) mass is 285 g/mol. The van der Waals surface area contributed by atoms with E-state index in [0.717, 1.165) is 38.4 Å². The zero-order valence-electron chi connectivity index (χ0n) is 11.3. The van der Waals surface area contributed by atoms with Crippen LogP contribution in [-0.2, 0) is 0 Å². The van der Waals surface area contributed by atoms with Crippen LogP contribution >= 0.6 is 11.3 Å². The van der Waals surface area contributed by atoms with Gasteiger partial charge in [-0.05, 0) is 43.7 Å². The van der Waals surface area contributed by atoms with Gasteiger partial charge in [-0.25, -0.2) is 4.98 Å². The molecule has 20 heavy (non-hydrogen) atoms. The van der Waals surface area contributed by atoms with E-state index in [-0.39, 0.29) is 0 Å². The maximum Gasteiger partial charge on any atom is 0.188 e. The van der Waals surface area contributed by atoms with Crippen LogP contribution in [0, 0.1) is 13.8 Å². The number of nitrogens with two attached hydrogens (primary N) is 1. The van der Waals surface area contributed by atoms with E-state index in [2.05, 4.69) is 10.3 Å². The van der Waals surface area contributed by atoms with Gasteiger partial charge in [0.1, 0.15) is 5.69 Å². The van der Waals surface area contributed by atoms with Gasteiger partial charge in [0.25, 0.3) is 0 Å². The third-order valence-corrected chi connectivity index (χ3v) is 3.94. The van der Waals surface area contributed by atoms with Gasteiger partial charge in [0.2, 0.25) is 0 Å². The van der Waals surface area contributed by atoms with Crippen LogP contribution in [0.4, 0.5) is 16.5 Å². The molecular weight excluding hydrogens is 270 g/mol. The first-order valence-electron chi connectivity index (χ1n) is 6.28. The molecule has 3 aromatic rings. The predicted molar refractivity (Wildman–Crippen MR) is 83.4 cm³/mol. The number of nitrogens with zero attached hydrogens (tertiary/aromatic N) is 1. The summed E-state index contributed by atoms with van der Waals surface area (Å²) in [5, 5.41) is 4.16. The van der Waals surface area contributed by atoms with Crippen molar-refractivity contribution in [3.63, 3.8) is 0 Å². The van der Waals surface area contributed by atoms with Crippen LogP contribution in [-0.4, -0.2) is 4.98 Å². The fourth-order valence-corrected chi connectivity index (χ4v) is 2.81. The first kappa shape index (κ1) is 12.7. The van der Waals surface area contributed by atoms with Crippen molar-refractivity contribution in [3.8, 4) is 11.5 Å². The van der Waals surface area contributed by atoms with Crippen molar-refractivity contribution in [2.45, 2.75) is 13.8 Å². The van der Waals surface area contributed by atoms with Crippen LogP contribution < -0.4 is 11.1 Å². The Hall–Kier alpha value is -2.27. The van der Waals surface area contributed by atoms with Crippen molar-refractivity contribution >= 4 is 27.8 Å². The number of hydrogen-bond acceptors (Lipinski definition) is 5. The first-order chi connectivity index (χ1) is 9.63. The van der Waals surface area contributed by atoms with Crippen LogP contribution in [0.2, 0.25) is 0 Å². The Labute approximate surface area is 121 Å². The number of rotatable bonds is 3. The molecule has 3 rings (SSSR count). The summed E-state index contributed by atoms with van der Waals surface area (Å²) in [4.78, 5) is 5.71. The highest BCUT2D eigenvalue weighted by Gasteiger charge is 2.12.